The van der Waals surface area contributed by atoms with E-state index in [1.807, 2.05) is 6.07 Å². The molecule has 226 valence electrons. The molecule has 3 aromatic rings. The van der Waals surface area contributed by atoms with Crippen LogP contribution in [0.3, 0.4) is 0 Å². The standard InChI is InChI=1S/C27H31ClF3N7O3S/c1-37(42(3,39)40)24-17-7-5-4-6-16(17)12-21(24)34-25-18(27(29,30)31)15-33-26(36-25)35-20-13-19(28)22(14-23(20)41-2)38-10-8-32-9-11-38/h4-7,13-15,21,24,32H,8-12H2,1-3H3,(H2,33,34,35,36)/t21-,24-/m1/s1. The number of hydrogen-bond donors (Lipinski definition) is 3. The van der Waals surface area contributed by atoms with Gasteiger partial charge in [0, 0.05) is 45.5 Å². The highest BCUT2D eigenvalue weighted by Crippen LogP contribution is 2.42. The van der Waals surface area contributed by atoms with Crippen LogP contribution in [-0.4, -0.2) is 75.3 Å². The predicted molar refractivity (Wildman–Crippen MR) is 156 cm³/mol. The highest BCUT2D eigenvalue weighted by molar-refractivity contribution is 7.88. The van der Waals surface area contributed by atoms with E-state index in [-0.39, 0.29) is 5.95 Å². The van der Waals surface area contributed by atoms with E-state index in [2.05, 4.69) is 30.8 Å². The molecule has 1 aliphatic heterocycles. The number of benzene rings is 2. The lowest BCUT2D eigenvalue weighted by molar-refractivity contribution is -0.137. The van der Waals surface area contributed by atoms with Crippen LogP contribution in [0.5, 0.6) is 5.75 Å². The fourth-order valence-electron chi connectivity index (χ4n) is 5.37. The Morgan fingerprint density at radius 2 is 1.90 bits per heavy atom. The van der Waals surface area contributed by atoms with Crippen LogP contribution >= 0.6 is 11.6 Å². The molecule has 2 aromatic carbocycles. The molecule has 2 aliphatic rings. The molecule has 0 spiro atoms. The van der Waals surface area contributed by atoms with E-state index in [4.69, 9.17) is 16.3 Å². The third kappa shape index (κ3) is 6.21. The number of hydrogen-bond acceptors (Lipinski definition) is 9. The van der Waals surface area contributed by atoms with Crippen LogP contribution < -0.4 is 25.6 Å². The lowest BCUT2D eigenvalue weighted by Gasteiger charge is -2.31. The maximum Gasteiger partial charge on any atom is 0.421 e. The Kier molecular flexibility index (Phi) is 8.43. The number of methoxy groups -OCH3 is 1. The summed E-state index contributed by atoms with van der Waals surface area (Å²) in [5, 5.41) is 9.55. The lowest BCUT2D eigenvalue weighted by atomic mass is 10.1. The number of anilines is 4. The number of rotatable bonds is 8. The second-order valence-electron chi connectivity index (χ2n) is 10.2. The monoisotopic (exact) mass is 625 g/mol. The molecule has 1 aromatic heterocycles. The Balaban J connectivity index is 1.48. The first-order valence-electron chi connectivity index (χ1n) is 13.2. The summed E-state index contributed by atoms with van der Waals surface area (Å²) in [6.45, 7) is 3.13. The van der Waals surface area contributed by atoms with Gasteiger partial charge in [-0.05, 0) is 23.6 Å². The lowest BCUT2D eigenvalue weighted by Crippen LogP contribution is -2.43. The highest BCUT2D eigenvalue weighted by Gasteiger charge is 2.41. The van der Waals surface area contributed by atoms with Gasteiger partial charge in [0.25, 0.3) is 0 Å². The Labute approximate surface area is 247 Å². The van der Waals surface area contributed by atoms with Crippen molar-refractivity contribution in [3.63, 3.8) is 0 Å². The molecule has 1 aliphatic carbocycles. The third-order valence-corrected chi connectivity index (χ3v) is 9.08. The van der Waals surface area contributed by atoms with Gasteiger partial charge in [-0.3, -0.25) is 0 Å². The normalized spacial score (nSPS) is 19.1. The topological polar surface area (TPSA) is 112 Å². The van der Waals surface area contributed by atoms with E-state index >= 15 is 0 Å². The van der Waals surface area contributed by atoms with Crippen molar-refractivity contribution in [1.82, 2.24) is 19.6 Å². The summed E-state index contributed by atoms with van der Waals surface area (Å²) in [5.74, 6) is -0.197. The van der Waals surface area contributed by atoms with Crippen molar-refractivity contribution < 1.29 is 26.3 Å². The van der Waals surface area contributed by atoms with Crippen LogP contribution in [0.2, 0.25) is 5.02 Å². The third-order valence-electron chi connectivity index (χ3n) is 7.50. The average molecular weight is 626 g/mol. The fourth-order valence-corrected chi connectivity index (χ4v) is 6.33. The minimum Gasteiger partial charge on any atom is -0.494 e. The van der Waals surface area contributed by atoms with Crippen molar-refractivity contribution in [3.8, 4) is 5.75 Å². The number of piperazine rings is 1. The molecule has 2 atom stereocenters. The summed E-state index contributed by atoms with van der Waals surface area (Å²) in [5.41, 5.74) is 1.62. The van der Waals surface area contributed by atoms with Crippen molar-refractivity contribution in [3.05, 3.63) is 64.3 Å². The van der Waals surface area contributed by atoms with E-state index in [1.54, 1.807) is 30.3 Å². The van der Waals surface area contributed by atoms with Gasteiger partial charge in [-0.15, -0.1) is 0 Å². The second-order valence-corrected chi connectivity index (χ2v) is 12.6. The van der Waals surface area contributed by atoms with Crippen LogP contribution in [0.1, 0.15) is 22.7 Å². The zero-order valence-electron chi connectivity index (χ0n) is 23.2. The number of ether oxygens (including phenoxy) is 1. The number of likely N-dealkylation sites (N-methyl/N-ethyl adjacent to an activating group) is 1. The van der Waals surface area contributed by atoms with Crippen LogP contribution in [0.4, 0.5) is 36.3 Å². The largest absolute Gasteiger partial charge is 0.494 e. The van der Waals surface area contributed by atoms with E-state index in [0.29, 0.717) is 34.6 Å². The van der Waals surface area contributed by atoms with Gasteiger partial charge < -0.3 is 25.6 Å². The molecule has 10 nitrogen and oxygen atoms in total. The number of aromatic nitrogens is 2. The molecule has 0 unspecified atom stereocenters. The Hall–Kier alpha value is -3.33. The molecule has 0 saturated carbocycles. The van der Waals surface area contributed by atoms with Crippen LogP contribution in [0.25, 0.3) is 0 Å². The number of halogens is 4. The molecule has 42 heavy (non-hydrogen) atoms. The fraction of sp³-hybridized carbons (Fsp3) is 0.407. The summed E-state index contributed by atoms with van der Waals surface area (Å²) in [6, 6.07) is 9.09. The van der Waals surface area contributed by atoms with Crippen molar-refractivity contribution in [2.24, 2.45) is 0 Å². The Morgan fingerprint density at radius 3 is 2.57 bits per heavy atom. The molecule has 1 saturated heterocycles. The van der Waals surface area contributed by atoms with Gasteiger partial charge in [0.1, 0.15) is 17.1 Å². The highest BCUT2D eigenvalue weighted by atomic mass is 35.5. The molecule has 3 N–H and O–H groups in total. The van der Waals surface area contributed by atoms with Crippen molar-refractivity contribution >= 4 is 44.8 Å². The maximum absolute atomic E-state index is 14.1. The van der Waals surface area contributed by atoms with Crippen LogP contribution in [0, 0.1) is 0 Å². The molecule has 15 heteroatoms. The molecule has 5 rings (SSSR count). The quantitative estimate of drug-likeness (QED) is 0.338. The van der Waals surface area contributed by atoms with Crippen molar-refractivity contribution in [1.29, 1.82) is 0 Å². The number of sulfonamides is 1. The van der Waals surface area contributed by atoms with Crippen molar-refractivity contribution in [2.45, 2.75) is 24.7 Å². The van der Waals surface area contributed by atoms with E-state index < -0.39 is 39.7 Å². The van der Waals surface area contributed by atoms with Crippen molar-refractivity contribution in [2.75, 3.05) is 62.1 Å². The van der Waals surface area contributed by atoms with Gasteiger partial charge in [-0.25, -0.2) is 13.4 Å². The number of nitrogens with zero attached hydrogens (tertiary/aromatic N) is 4. The molecule has 1 fully saturated rings. The van der Waals surface area contributed by atoms with Crippen LogP contribution in [-0.2, 0) is 22.6 Å². The molecular formula is C27H31ClF3N7O3S. The number of alkyl halides is 3. The minimum absolute atomic E-state index is 0.127. The summed E-state index contributed by atoms with van der Waals surface area (Å²) in [7, 11) is -0.782. The number of fused-ring (bicyclic) bond motifs is 1. The van der Waals surface area contributed by atoms with Gasteiger partial charge in [-0.2, -0.15) is 22.5 Å². The zero-order valence-corrected chi connectivity index (χ0v) is 24.7. The predicted octanol–water partition coefficient (Wildman–Crippen LogP) is 4.28. The van der Waals surface area contributed by atoms with Gasteiger partial charge in [0.2, 0.25) is 16.0 Å². The van der Waals surface area contributed by atoms with E-state index in [9.17, 15) is 21.6 Å². The summed E-state index contributed by atoms with van der Waals surface area (Å²) < 4.78 is 73.9. The van der Waals surface area contributed by atoms with Gasteiger partial charge in [0.05, 0.1) is 41.8 Å². The first kappa shape index (κ1) is 30.1. The smallest absolute Gasteiger partial charge is 0.421 e. The van der Waals surface area contributed by atoms with Gasteiger partial charge in [-0.1, -0.05) is 35.9 Å². The maximum atomic E-state index is 14.1. The molecule has 0 radical (unpaired) electrons. The number of nitrogens with one attached hydrogen (secondary N) is 3. The van der Waals surface area contributed by atoms with E-state index in [0.717, 1.165) is 48.0 Å². The van der Waals surface area contributed by atoms with Crippen LogP contribution in [0.15, 0.2) is 42.6 Å². The average Bonchev–Trinajstić information content (AvgIpc) is 3.29. The first-order chi connectivity index (χ1) is 19.9. The SMILES string of the molecule is COc1cc(N2CCNCC2)c(Cl)cc1Nc1ncc(C(F)(F)F)c(N[C@@H]2Cc3ccccc3[C@H]2N(C)S(C)(=O)=O)n1. The summed E-state index contributed by atoms with van der Waals surface area (Å²) >= 11 is 6.60. The second kappa shape index (κ2) is 11.7. The molecular weight excluding hydrogens is 595 g/mol. The van der Waals surface area contributed by atoms with E-state index in [1.165, 1.54) is 14.2 Å². The van der Waals surface area contributed by atoms with Gasteiger partial charge >= 0.3 is 6.18 Å². The minimum atomic E-state index is -4.77. The summed E-state index contributed by atoms with van der Waals surface area (Å²) in [4.78, 5) is 10.2. The summed E-state index contributed by atoms with van der Waals surface area (Å²) in [6.07, 6.45) is -2.72. The Morgan fingerprint density at radius 1 is 1.19 bits per heavy atom. The molecule has 0 bridgehead atoms. The Bertz CT molecular complexity index is 1570. The first-order valence-corrected chi connectivity index (χ1v) is 15.4. The zero-order chi connectivity index (χ0) is 30.2. The molecule has 2 heterocycles. The van der Waals surface area contributed by atoms with Gasteiger partial charge in [0.15, 0.2) is 0 Å². The molecule has 0 amide bonds.